The number of anilines is 1. The first kappa shape index (κ1) is 28.0. The third-order valence-corrected chi connectivity index (χ3v) is 6.05. The van der Waals surface area contributed by atoms with Crippen LogP contribution >= 0.6 is 0 Å². The molecule has 0 unspecified atom stereocenters. The molecular weight excluding hydrogens is 482 g/mol. The van der Waals surface area contributed by atoms with Crippen LogP contribution in [0.4, 0.5) is 5.82 Å². The van der Waals surface area contributed by atoms with Crippen molar-refractivity contribution in [3.63, 3.8) is 0 Å². The molecule has 0 spiro atoms. The molecule has 0 saturated carbocycles. The van der Waals surface area contributed by atoms with Gasteiger partial charge in [-0.2, -0.15) is 5.10 Å². The molecule has 0 aromatic carbocycles. The van der Waals surface area contributed by atoms with Crippen molar-refractivity contribution in [3.8, 4) is 0 Å². The molecule has 2 N–H and O–H groups in total. The average molecular weight is 518 g/mol. The average Bonchev–Trinajstić information content (AvgIpc) is 3.39. The monoisotopic (exact) mass is 517 g/mol. The maximum absolute atomic E-state index is 12.9. The van der Waals surface area contributed by atoms with Gasteiger partial charge in [0.05, 0.1) is 30.0 Å². The number of aliphatic imine (C=N–C) groups is 1. The Balaban J connectivity index is 2.19. The highest BCUT2D eigenvalue weighted by molar-refractivity contribution is 5.74. The van der Waals surface area contributed by atoms with Gasteiger partial charge in [0.1, 0.15) is 24.6 Å². The van der Waals surface area contributed by atoms with Crippen LogP contribution < -0.4 is 5.73 Å². The molecular formula is C25H35N5O7. The summed E-state index contributed by atoms with van der Waals surface area (Å²) in [6, 6.07) is 3.40. The number of aromatic nitrogens is 3. The molecule has 202 valence electrons. The summed E-state index contributed by atoms with van der Waals surface area (Å²) in [4.78, 5) is 46.0. The Morgan fingerprint density at radius 1 is 1.08 bits per heavy atom. The zero-order valence-corrected chi connectivity index (χ0v) is 22.0. The molecule has 0 amide bonds. The number of hydrogen-bond acceptors (Lipinski definition) is 11. The van der Waals surface area contributed by atoms with Crippen LogP contribution in [0.15, 0.2) is 23.5 Å². The van der Waals surface area contributed by atoms with Crippen molar-refractivity contribution >= 4 is 36.0 Å². The highest BCUT2D eigenvalue weighted by Crippen LogP contribution is 2.44. The van der Waals surface area contributed by atoms with E-state index in [9.17, 15) is 14.4 Å². The quantitative estimate of drug-likeness (QED) is 0.281. The molecule has 3 heterocycles. The highest BCUT2D eigenvalue weighted by Gasteiger charge is 2.62. The van der Waals surface area contributed by atoms with Gasteiger partial charge in [-0.25, -0.2) is 9.50 Å². The van der Waals surface area contributed by atoms with E-state index in [4.69, 9.17) is 24.7 Å². The van der Waals surface area contributed by atoms with Crippen molar-refractivity contribution < 1.29 is 33.3 Å². The van der Waals surface area contributed by atoms with Crippen LogP contribution in [0.25, 0.3) is 5.52 Å². The van der Waals surface area contributed by atoms with Gasteiger partial charge in [-0.15, -0.1) is 0 Å². The number of hydrogen-bond donors (Lipinski definition) is 1. The molecule has 12 nitrogen and oxygen atoms in total. The number of rotatable bonds is 10. The number of fused-ring (bicyclic) bond motifs is 1. The van der Waals surface area contributed by atoms with E-state index in [1.165, 1.54) is 10.8 Å². The van der Waals surface area contributed by atoms with Crippen LogP contribution in [0.2, 0.25) is 0 Å². The minimum absolute atomic E-state index is 0.0938. The maximum atomic E-state index is 12.9. The van der Waals surface area contributed by atoms with Crippen molar-refractivity contribution in [2.45, 2.75) is 65.5 Å². The second kappa shape index (κ2) is 11.2. The molecule has 0 bridgehead atoms. The first-order valence-electron chi connectivity index (χ1n) is 12.2. The summed E-state index contributed by atoms with van der Waals surface area (Å²) < 4.78 is 25.3. The summed E-state index contributed by atoms with van der Waals surface area (Å²) in [5.74, 6) is -2.66. The molecule has 4 atom stereocenters. The fourth-order valence-electron chi connectivity index (χ4n) is 4.01. The van der Waals surface area contributed by atoms with Gasteiger partial charge in [-0.1, -0.05) is 41.5 Å². The van der Waals surface area contributed by atoms with Crippen LogP contribution in [-0.2, 0) is 38.9 Å². The number of carbonyl (C=O) groups is 3. The van der Waals surface area contributed by atoms with Gasteiger partial charge in [0.25, 0.3) is 0 Å². The third-order valence-electron chi connectivity index (χ3n) is 6.05. The molecule has 3 rings (SSSR count). The Kier molecular flexibility index (Phi) is 8.52. The number of nitrogen functional groups attached to an aromatic ring is 1. The van der Waals surface area contributed by atoms with Gasteiger partial charge in [0, 0.05) is 0 Å². The summed E-state index contributed by atoms with van der Waals surface area (Å²) in [6.45, 7) is 13.4. The standard InChI is InChI=1S/C25H35N5O7/c1-13(2)22(31)34-10-17-19(35-23(32)14(3)4)20(36-24(33)15(5)6)25(37-17,11-27-7)18-9-8-16-21(26)28-12-29-30(16)18/h8-9,12-15,17,19-20H,7,10-11H2,1-6H3,(H2,26,28,29)/t17-,19-,20-,25+/m1/s1. The molecule has 2 aromatic rings. The van der Waals surface area contributed by atoms with Crippen LogP contribution in [-0.4, -0.2) is 70.7 Å². The molecule has 0 aliphatic carbocycles. The number of nitrogens with two attached hydrogens (primary N) is 1. The Morgan fingerprint density at radius 3 is 2.30 bits per heavy atom. The Bertz CT molecular complexity index is 1160. The zero-order chi connectivity index (χ0) is 27.5. The molecule has 0 radical (unpaired) electrons. The van der Waals surface area contributed by atoms with E-state index in [1.54, 1.807) is 53.7 Å². The lowest BCUT2D eigenvalue weighted by atomic mass is 9.90. The van der Waals surface area contributed by atoms with E-state index in [1.807, 2.05) is 0 Å². The maximum Gasteiger partial charge on any atom is 0.308 e. The molecule has 1 saturated heterocycles. The number of ether oxygens (including phenoxy) is 4. The first-order valence-corrected chi connectivity index (χ1v) is 12.2. The van der Waals surface area contributed by atoms with E-state index in [0.29, 0.717) is 11.2 Å². The van der Waals surface area contributed by atoms with Crippen LogP contribution in [0.1, 0.15) is 47.2 Å². The van der Waals surface area contributed by atoms with Gasteiger partial charge >= 0.3 is 17.9 Å². The summed E-state index contributed by atoms with van der Waals surface area (Å²) in [5.41, 5.74) is 5.45. The van der Waals surface area contributed by atoms with Gasteiger partial charge < -0.3 is 24.7 Å². The van der Waals surface area contributed by atoms with Gasteiger partial charge in [-0.3, -0.25) is 19.4 Å². The number of esters is 3. The minimum atomic E-state index is -1.50. The summed E-state index contributed by atoms with van der Waals surface area (Å²) >= 11 is 0. The molecule has 37 heavy (non-hydrogen) atoms. The lowest BCUT2D eigenvalue weighted by Gasteiger charge is -2.33. The van der Waals surface area contributed by atoms with Gasteiger partial charge in [0.2, 0.25) is 0 Å². The fraction of sp³-hybridized carbons (Fsp3) is 0.600. The van der Waals surface area contributed by atoms with E-state index in [0.717, 1.165) is 0 Å². The van der Waals surface area contributed by atoms with Gasteiger partial charge in [-0.05, 0) is 18.9 Å². The summed E-state index contributed by atoms with van der Waals surface area (Å²) in [5, 5.41) is 4.31. The Labute approximate surface area is 215 Å². The van der Waals surface area contributed by atoms with E-state index in [-0.39, 0.29) is 24.9 Å². The van der Waals surface area contributed by atoms with Crippen LogP contribution in [0.5, 0.6) is 0 Å². The second-order valence-electron chi connectivity index (χ2n) is 9.94. The van der Waals surface area contributed by atoms with Crippen LogP contribution in [0.3, 0.4) is 0 Å². The largest absolute Gasteiger partial charge is 0.463 e. The third kappa shape index (κ3) is 5.58. The molecule has 1 aliphatic heterocycles. The predicted octanol–water partition coefficient (Wildman–Crippen LogP) is 1.94. The predicted molar refractivity (Wildman–Crippen MR) is 134 cm³/mol. The Morgan fingerprint density at radius 2 is 1.70 bits per heavy atom. The highest BCUT2D eigenvalue weighted by atomic mass is 16.7. The molecule has 1 fully saturated rings. The van der Waals surface area contributed by atoms with Crippen molar-refractivity contribution in [3.05, 3.63) is 24.2 Å². The van der Waals surface area contributed by atoms with E-state index in [2.05, 4.69) is 21.8 Å². The summed E-state index contributed by atoms with van der Waals surface area (Å²) in [6.07, 6.45) is -2.00. The first-order chi connectivity index (χ1) is 17.4. The number of carbonyl (C=O) groups excluding carboxylic acids is 3. The smallest absolute Gasteiger partial charge is 0.308 e. The second-order valence-corrected chi connectivity index (χ2v) is 9.94. The summed E-state index contributed by atoms with van der Waals surface area (Å²) in [7, 11) is 0. The normalized spacial score (nSPS) is 23.5. The van der Waals surface area contributed by atoms with Crippen molar-refractivity contribution in [2.24, 2.45) is 22.7 Å². The lowest BCUT2D eigenvalue weighted by molar-refractivity contribution is -0.175. The van der Waals surface area contributed by atoms with Crippen molar-refractivity contribution in [1.82, 2.24) is 14.6 Å². The minimum Gasteiger partial charge on any atom is -0.463 e. The Hall–Kier alpha value is -3.54. The molecule has 1 aliphatic rings. The SMILES string of the molecule is C=NC[C@@]1(c2ccc3c(N)ncnn23)O[C@H](COC(=O)C(C)C)[C@@H](OC(=O)C(C)C)[C@H]1OC(=O)C(C)C. The molecule has 12 heteroatoms. The fourth-order valence-corrected chi connectivity index (χ4v) is 4.01. The van der Waals surface area contributed by atoms with E-state index < -0.39 is 53.7 Å². The molecule has 2 aromatic heterocycles. The van der Waals surface area contributed by atoms with Crippen molar-refractivity contribution in [2.75, 3.05) is 18.9 Å². The van der Waals surface area contributed by atoms with Gasteiger partial charge in [0.15, 0.2) is 23.6 Å². The van der Waals surface area contributed by atoms with Crippen LogP contribution in [0, 0.1) is 17.8 Å². The zero-order valence-electron chi connectivity index (χ0n) is 22.0. The van der Waals surface area contributed by atoms with E-state index >= 15 is 0 Å². The lowest BCUT2D eigenvalue weighted by Crippen LogP contribution is -2.49. The number of nitrogens with zero attached hydrogens (tertiary/aromatic N) is 4. The van der Waals surface area contributed by atoms with Crippen molar-refractivity contribution in [1.29, 1.82) is 0 Å². The topological polar surface area (TPSA) is 157 Å².